The molecule has 1 aliphatic heterocycles. The van der Waals surface area contributed by atoms with E-state index >= 15 is 0 Å². The van der Waals surface area contributed by atoms with Crippen LogP contribution in [-0.4, -0.2) is 34.1 Å². The van der Waals surface area contributed by atoms with E-state index in [1.807, 2.05) is 18.2 Å². The molecule has 1 aromatic carbocycles. The second kappa shape index (κ2) is 4.61. The van der Waals surface area contributed by atoms with E-state index in [2.05, 4.69) is 27.4 Å². The number of nitrogens with two attached hydrogens (primary N) is 1. The van der Waals surface area contributed by atoms with Gasteiger partial charge >= 0.3 is 0 Å². The first-order valence-electron chi connectivity index (χ1n) is 6.71. The quantitative estimate of drug-likeness (QED) is 0.898. The van der Waals surface area contributed by atoms with E-state index in [0.717, 1.165) is 24.1 Å². The van der Waals surface area contributed by atoms with E-state index in [4.69, 9.17) is 5.73 Å². The van der Waals surface area contributed by atoms with Gasteiger partial charge in [0.2, 0.25) is 5.95 Å². The lowest BCUT2D eigenvalue weighted by atomic mass is 10.1. The number of anilines is 1. The number of hydrogen-bond acceptors (Lipinski definition) is 3. The van der Waals surface area contributed by atoms with Gasteiger partial charge in [-0.1, -0.05) is 19.1 Å². The van der Waals surface area contributed by atoms with E-state index in [-0.39, 0.29) is 0 Å². The lowest BCUT2D eigenvalue weighted by Gasteiger charge is -2.14. The van der Waals surface area contributed by atoms with Crippen LogP contribution in [0.1, 0.15) is 13.3 Å². The van der Waals surface area contributed by atoms with Crippen molar-refractivity contribution in [2.75, 3.05) is 25.4 Å². The van der Waals surface area contributed by atoms with E-state index in [9.17, 15) is 0 Å². The summed E-state index contributed by atoms with van der Waals surface area (Å²) >= 11 is 0. The van der Waals surface area contributed by atoms with Gasteiger partial charge in [-0.25, -0.2) is 4.98 Å². The third kappa shape index (κ3) is 1.97. The molecule has 1 saturated heterocycles. The van der Waals surface area contributed by atoms with Crippen molar-refractivity contribution in [2.24, 2.45) is 5.92 Å². The van der Waals surface area contributed by atoms with Crippen LogP contribution in [0.2, 0.25) is 0 Å². The van der Waals surface area contributed by atoms with Gasteiger partial charge < -0.3 is 15.2 Å². The molecule has 2 aromatic rings. The Morgan fingerprint density at radius 1 is 1.39 bits per heavy atom. The van der Waals surface area contributed by atoms with Crippen LogP contribution >= 0.6 is 0 Å². The molecule has 1 fully saturated rings. The molecule has 0 spiro atoms. The maximum atomic E-state index is 6.04. The largest absolute Gasteiger partial charge is 0.369 e. The van der Waals surface area contributed by atoms with Crippen LogP contribution in [0.5, 0.6) is 0 Å². The maximum absolute atomic E-state index is 6.04. The van der Waals surface area contributed by atoms with Gasteiger partial charge in [0.25, 0.3) is 0 Å². The van der Waals surface area contributed by atoms with Gasteiger partial charge in [-0.3, -0.25) is 0 Å². The van der Waals surface area contributed by atoms with Crippen molar-refractivity contribution in [1.29, 1.82) is 0 Å². The molecule has 1 atom stereocenters. The lowest BCUT2D eigenvalue weighted by molar-refractivity contribution is 0.334. The first-order valence-corrected chi connectivity index (χ1v) is 6.71. The highest BCUT2D eigenvalue weighted by atomic mass is 15.2. The zero-order valence-corrected chi connectivity index (χ0v) is 10.8. The van der Waals surface area contributed by atoms with Crippen LogP contribution < -0.4 is 5.73 Å². The van der Waals surface area contributed by atoms with Crippen LogP contribution in [0.4, 0.5) is 5.95 Å². The SMILES string of the molecule is CCN1CCC(Cn2c(N)nc3ccccc32)C1. The van der Waals surface area contributed by atoms with Gasteiger partial charge in [-0.2, -0.15) is 0 Å². The van der Waals surface area contributed by atoms with Crippen LogP contribution in [0, 0.1) is 5.92 Å². The second-order valence-electron chi connectivity index (χ2n) is 5.12. The molecule has 1 unspecified atom stereocenters. The van der Waals surface area contributed by atoms with Crippen molar-refractivity contribution < 1.29 is 0 Å². The van der Waals surface area contributed by atoms with Crippen molar-refractivity contribution in [3.63, 3.8) is 0 Å². The summed E-state index contributed by atoms with van der Waals surface area (Å²) in [6.45, 7) is 6.76. The predicted octanol–water partition coefficient (Wildman–Crippen LogP) is 1.96. The standard InChI is InChI=1S/C14H20N4/c1-2-17-8-7-11(9-17)10-18-13-6-4-3-5-12(13)16-14(18)15/h3-6,11H,2,7-10H2,1H3,(H2,15,16). The molecule has 0 bridgehead atoms. The molecular weight excluding hydrogens is 224 g/mol. The van der Waals surface area contributed by atoms with E-state index in [1.165, 1.54) is 19.5 Å². The predicted molar refractivity (Wildman–Crippen MR) is 74.4 cm³/mol. The minimum Gasteiger partial charge on any atom is -0.369 e. The number of likely N-dealkylation sites (tertiary alicyclic amines) is 1. The van der Waals surface area contributed by atoms with Gasteiger partial charge in [-0.15, -0.1) is 0 Å². The van der Waals surface area contributed by atoms with Crippen molar-refractivity contribution in [2.45, 2.75) is 19.9 Å². The summed E-state index contributed by atoms with van der Waals surface area (Å²) < 4.78 is 2.17. The van der Waals surface area contributed by atoms with Gasteiger partial charge in [-0.05, 0) is 37.6 Å². The number of nitrogens with zero attached hydrogens (tertiary/aromatic N) is 3. The molecule has 0 radical (unpaired) electrons. The number of fused-ring (bicyclic) bond motifs is 1. The molecule has 1 aliphatic rings. The second-order valence-corrected chi connectivity index (χ2v) is 5.12. The summed E-state index contributed by atoms with van der Waals surface area (Å²) in [4.78, 5) is 6.92. The molecule has 0 amide bonds. The highest BCUT2D eigenvalue weighted by molar-refractivity contribution is 5.78. The third-order valence-electron chi connectivity index (χ3n) is 3.94. The molecule has 18 heavy (non-hydrogen) atoms. The van der Waals surface area contributed by atoms with Crippen LogP contribution in [0.15, 0.2) is 24.3 Å². The zero-order chi connectivity index (χ0) is 12.5. The molecule has 3 rings (SSSR count). The van der Waals surface area contributed by atoms with Gasteiger partial charge in [0.15, 0.2) is 0 Å². The number of aromatic nitrogens is 2. The minimum atomic E-state index is 0.645. The number of nitrogen functional groups attached to an aromatic ring is 1. The van der Waals surface area contributed by atoms with E-state index in [1.54, 1.807) is 0 Å². The topological polar surface area (TPSA) is 47.1 Å². The van der Waals surface area contributed by atoms with Gasteiger partial charge in [0, 0.05) is 13.1 Å². The maximum Gasteiger partial charge on any atom is 0.201 e. The Morgan fingerprint density at radius 2 is 2.22 bits per heavy atom. The number of para-hydroxylation sites is 2. The normalized spacial score (nSPS) is 20.8. The van der Waals surface area contributed by atoms with E-state index < -0.39 is 0 Å². The van der Waals surface area contributed by atoms with Crippen molar-refractivity contribution in [3.05, 3.63) is 24.3 Å². The molecule has 1 aromatic heterocycles. The molecule has 4 nitrogen and oxygen atoms in total. The first kappa shape index (κ1) is 11.5. The zero-order valence-electron chi connectivity index (χ0n) is 10.8. The molecule has 2 heterocycles. The molecule has 0 saturated carbocycles. The van der Waals surface area contributed by atoms with E-state index in [0.29, 0.717) is 11.9 Å². The van der Waals surface area contributed by atoms with Crippen molar-refractivity contribution in [3.8, 4) is 0 Å². The Morgan fingerprint density at radius 3 is 3.00 bits per heavy atom. The van der Waals surface area contributed by atoms with Gasteiger partial charge in [0.05, 0.1) is 11.0 Å². The molecular formula is C14H20N4. The molecule has 96 valence electrons. The minimum absolute atomic E-state index is 0.645. The fraction of sp³-hybridized carbons (Fsp3) is 0.500. The Hall–Kier alpha value is -1.55. The number of rotatable bonds is 3. The van der Waals surface area contributed by atoms with Crippen molar-refractivity contribution >= 4 is 17.0 Å². The summed E-state index contributed by atoms with van der Waals surface area (Å²) in [5.41, 5.74) is 8.19. The first-order chi connectivity index (χ1) is 8.78. The summed E-state index contributed by atoms with van der Waals surface area (Å²) in [6, 6.07) is 8.18. The molecule has 0 aliphatic carbocycles. The van der Waals surface area contributed by atoms with Crippen LogP contribution in [-0.2, 0) is 6.54 Å². The van der Waals surface area contributed by atoms with Gasteiger partial charge in [0.1, 0.15) is 0 Å². The highest BCUT2D eigenvalue weighted by Gasteiger charge is 2.22. The summed E-state index contributed by atoms with van der Waals surface area (Å²) in [5.74, 6) is 1.34. The third-order valence-corrected chi connectivity index (χ3v) is 3.94. The smallest absolute Gasteiger partial charge is 0.201 e. The average Bonchev–Trinajstić information content (AvgIpc) is 2.96. The number of hydrogen-bond donors (Lipinski definition) is 1. The fourth-order valence-corrected chi connectivity index (χ4v) is 2.89. The Kier molecular flexibility index (Phi) is 2.96. The lowest BCUT2D eigenvalue weighted by Crippen LogP contribution is -2.21. The monoisotopic (exact) mass is 244 g/mol. The number of imidazole rings is 1. The van der Waals surface area contributed by atoms with Crippen molar-refractivity contribution in [1.82, 2.24) is 14.5 Å². The molecule has 2 N–H and O–H groups in total. The highest BCUT2D eigenvalue weighted by Crippen LogP contribution is 2.23. The number of benzene rings is 1. The summed E-state index contributed by atoms with van der Waals surface area (Å²) in [6.07, 6.45) is 1.26. The average molecular weight is 244 g/mol. The summed E-state index contributed by atoms with van der Waals surface area (Å²) in [5, 5.41) is 0. The molecule has 4 heteroatoms. The van der Waals surface area contributed by atoms with Crippen LogP contribution in [0.25, 0.3) is 11.0 Å². The van der Waals surface area contributed by atoms with Crippen LogP contribution in [0.3, 0.4) is 0 Å². The summed E-state index contributed by atoms with van der Waals surface area (Å²) in [7, 11) is 0. The fourth-order valence-electron chi connectivity index (χ4n) is 2.89. The Labute approximate surface area is 107 Å². The Bertz CT molecular complexity index is 546. The Balaban J connectivity index is 1.84.